The first-order valence-electron chi connectivity index (χ1n) is 5.24. The number of methoxy groups -OCH3 is 1. The minimum absolute atomic E-state index is 0.251. The predicted molar refractivity (Wildman–Crippen MR) is 69.4 cm³/mol. The minimum Gasteiger partial charge on any atom is -0.467 e. The summed E-state index contributed by atoms with van der Waals surface area (Å²) in [7, 11) is 1.26. The Kier molecular flexibility index (Phi) is 4.19. The molecule has 0 fully saturated rings. The molecular weight excluding hydrogens is 256 g/mol. The van der Waals surface area contributed by atoms with Crippen molar-refractivity contribution in [2.75, 3.05) is 12.8 Å². The highest BCUT2D eigenvalue weighted by molar-refractivity contribution is 6.31. The Labute approximate surface area is 110 Å². The zero-order chi connectivity index (χ0) is 13.9. The van der Waals surface area contributed by atoms with Gasteiger partial charge in [-0.2, -0.15) is 0 Å². The van der Waals surface area contributed by atoms with Gasteiger partial charge < -0.3 is 15.8 Å². The minimum atomic E-state index is -1.13. The maximum atomic E-state index is 12.0. The topological polar surface area (TPSA) is 81.4 Å². The van der Waals surface area contributed by atoms with Crippen molar-refractivity contribution in [3.63, 3.8) is 0 Å². The van der Waals surface area contributed by atoms with E-state index >= 15 is 0 Å². The third-order valence-corrected chi connectivity index (χ3v) is 2.62. The van der Waals surface area contributed by atoms with Crippen molar-refractivity contribution in [1.29, 1.82) is 0 Å². The Morgan fingerprint density at radius 3 is 2.50 bits per heavy atom. The van der Waals surface area contributed by atoms with E-state index in [0.29, 0.717) is 5.02 Å². The normalized spacial score (nSPS) is 10.9. The number of anilines is 1. The summed E-state index contributed by atoms with van der Waals surface area (Å²) in [4.78, 5) is 23.4. The van der Waals surface area contributed by atoms with Crippen LogP contribution in [0, 0.1) is 0 Å². The van der Waals surface area contributed by atoms with Crippen molar-refractivity contribution in [3.05, 3.63) is 28.8 Å². The van der Waals surface area contributed by atoms with E-state index in [1.165, 1.54) is 19.2 Å². The molecule has 0 aliphatic heterocycles. The predicted octanol–water partition coefficient (Wildman–Crippen LogP) is 1.60. The third kappa shape index (κ3) is 3.13. The molecule has 0 aliphatic rings. The number of ether oxygens (including phenoxy) is 1. The second kappa shape index (κ2) is 5.27. The van der Waals surface area contributed by atoms with Crippen LogP contribution in [0.2, 0.25) is 5.02 Å². The number of amides is 1. The summed E-state index contributed by atoms with van der Waals surface area (Å²) in [6, 6.07) is 4.53. The van der Waals surface area contributed by atoms with Crippen LogP contribution in [0.4, 0.5) is 5.69 Å². The first-order valence-corrected chi connectivity index (χ1v) is 5.61. The molecule has 5 nitrogen and oxygen atoms in total. The molecule has 0 aromatic heterocycles. The van der Waals surface area contributed by atoms with Gasteiger partial charge in [0, 0.05) is 10.7 Å². The number of nitrogen functional groups attached to an aromatic ring is 1. The van der Waals surface area contributed by atoms with Gasteiger partial charge in [-0.05, 0) is 32.0 Å². The number of benzene rings is 1. The van der Waals surface area contributed by atoms with Crippen molar-refractivity contribution in [1.82, 2.24) is 5.32 Å². The highest BCUT2D eigenvalue weighted by Gasteiger charge is 2.31. The van der Waals surface area contributed by atoms with E-state index in [0.717, 1.165) is 0 Å². The number of hydrogen-bond acceptors (Lipinski definition) is 4. The molecule has 0 heterocycles. The SMILES string of the molecule is COC(=O)C(C)(C)NC(=O)c1ccc(Cl)cc1N. The molecule has 0 saturated heterocycles. The van der Waals surface area contributed by atoms with E-state index in [4.69, 9.17) is 17.3 Å². The van der Waals surface area contributed by atoms with Gasteiger partial charge in [0.2, 0.25) is 0 Å². The average molecular weight is 271 g/mol. The number of nitrogens with one attached hydrogen (secondary N) is 1. The van der Waals surface area contributed by atoms with Crippen LogP contribution in [0.15, 0.2) is 18.2 Å². The molecule has 1 rings (SSSR count). The van der Waals surface area contributed by atoms with Gasteiger partial charge in [-0.25, -0.2) is 4.79 Å². The van der Waals surface area contributed by atoms with Crippen LogP contribution in [-0.4, -0.2) is 24.5 Å². The van der Waals surface area contributed by atoms with E-state index < -0.39 is 17.4 Å². The van der Waals surface area contributed by atoms with Gasteiger partial charge in [-0.15, -0.1) is 0 Å². The molecule has 0 spiro atoms. The fraction of sp³-hybridized carbons (Fsp3) is 0.333. The zero-order valence-corrected chi connectivity index (χ0v) is 11.2. The van der Waals surface area contributed by atoms with Crippen LogP contribution < -0.4 is 11.1 Å². The molecule has 0 saturated carbocycles. The summed E-state index contributed by atoms with van der Waals surface area (Å²) < 4.78 is 4.60. The molecule has 1 amide bonds. The van der Waals surface area contributed by atoms with Gasteiger partial charge >= 0.3 is 5.97 Å². The van der Waals surface area contributed by atoms with E-state index in [1.54, 1.807) is 19.9 Å². The summed E-state index contributed by atoms with van der Waals surface area (Å²) in [5, 5.41) is 2.99. The molecule has 3 N–H and O–H groups in total. The van der Waals surface area contributed by atoms with Gasteiger partial charge in [0.05, 0.1) is 12.7 Å². The lowest BCUT2D eigenvalue weighted by Crippen LogP contribution is -2.50. The fourth-order valence-electron chi connectivity index (χ4n) is 1.40. The molecule has 1 aromatic carbocycles. The standard InChI is InChI=1S/C12H15ClN2O3/c1-12(2,11(17)18-3)15-10(16)8-5-4-7(13)6-9(8)14/h4-6H,14H2,1-3H3,(H,15,16). The fourth-order valence-corrected chi connectivity index (χ4v) is 1.58. The number of halogens is 1. The summed E-state index contributed by atoms with van der Waals surface area (Å²) in [5.74, 6) is -0.997. The monoisotopic (exact) mass is 270 g/mol. The molecule has 0 atom stereocenters. The first kappa shape index (κ1) is 14.3. The number of hydrogen-bond donors (Lipinski definition) is 2. The van der Waals surface area contributed by atoms with Crippen LogP contribution >= 0.6 is 11.6 Å². The zero-order valence-electron chi connectivity index (χ0n) is 10.4. The number of nitrogens with two attached hydrogens (primary N) is 1. The molecule has 0 aliphatic carbocycles. The molecule has 18 heavy (non-hydrogen) atoms. The maximum Gasteiger partial charge on any atom is 0.330 e. The summed E-state index contributed by atoms with van der Waals surface area (Å²) >= 11 is 5.74. The molecule has 98 valence electrons. The summed E-state index contributed by atoms with van der Waals surface area (Å²) in [5.41, 5.74) is 5.07. The first-order chi connectivity index (χ1) is 8.27. The number of carbonyl (C=O) groups is 2. The highest BCUT2D eigenvalue weighted by atomic mass is 35.5. The Bertz CT molecular complexity index is 486. The van der Waals surface area contributed by atoms with Gasteiger partial charge in [-0.1, -0.05) is 11.6 Å². The van der Waals surface area contributed by atoms with Crippen LogP contribution in [0.3, 0.4) is 0 Å². The number of carbonyl (C=O) groups excluding carboxylic acids is 2. The molecule has 0 unspecified atom stereocenters. The van der Waals surface area contributed by atoms with E-state index in [9.17, 15) is 9.59 Å². The maximum absolute atomic E-state index is 12.0. The van der Waals surface area contributed by atoms with E-state index in [2.05, 4.69) is 10.1 Å². The van der Waals surface area contributed by atoms with Crippen LogP contribution in [0.1, 0.15) is 24.2 Å². The Hall–Kier alpha value is -1.75. The van der Waals surface area contributed by atoms with Crippen molar-refractivity contribution < 1.29 is 14.3 Å². The van der Waals surface area contributed by atoms with E-state index in [1.807, 2.05) is 0 Å². The molecular formula is C12H15ClN2O3. The number of rotatable bonds is 3. The lowest BCUT2D eigenvalue weighted by molar-refractivity contribution is -0.146. The Morgan fingerprint density at radius 2 is 2.00 bits per heavy atom. The second-order valence-electron chi connectivity index (χ2n) is 4.30. The Balaban J connectivity index is 2.92. The Morgan fingerprint density at radius 1 is 1.39 bits per heavy atom. The lowest BCUT2D eigenvalue weighted by atomic mass is 10.0. The largest absolute Gasteiger partial charge is 0.467 e. The van der Waals surface area contributed by atoms with Crippen LogP contribution in [-0.2, 0) is 9.53 Å². The molecule has 0 radical (unpaired) electrons. The highest BCUT2D eigenvalue weighted by Crippen LogP contribution is 2.18. The number of esters is 1. The average Bonchev–Trinajstić information content (AvgIpc) is 2.26. The second-order valence-corrected chi connectivity index (χ2v) is 4.74. The van der Waals surface area contributed by atoms with Crippen LogP contribution in [0.5, 0.6) is 0 Å². The molecule has 1 aromatic rings. The third-order valence-electron chi connectivity index (χ3n) is 2.38. The van der Waals surface area contributed by atoms with Crippen LogP contribution in [0.25, 0.3) is 0 Å². The van der Waals surface area contributed by atoms with Crippen molar-refractivity contribution in [3.8, 4) is 0 Å². The van der Waals surface area contributed by atoms with E-state index in [-0.39, 0.29) is 11.3 Å². The van der Waals surface area contributed by atoms with Gasteiger partial charge in [0.25, 0.3) is 5.91 Å². The van der Waals surface area contributed by atoms with Gasteiger partial charge in [-0.3, -0.25) is 4.79 Å². The summed E-state index contributed by atoms with van der Waals surface area (Å²) in [6.45, 7) is 3.09. The summed E-state index contributed by atoms with van der Waals surface area (Å²) in [6.07, 6.45) is 0. The smallest absolute Gasteiger partial charge is 0.330 e. The lowest BCUT2D eigenvalue weighted by Gasteiger charge is -2.23. The quantitative estimate of drug-likeness (QED) is 0.646. The van der Waals surface area contributed by atoms with Crippen molar-refractivity contribution in [2.24, 2.45) is 0 Å². The van der Waals surface area contributed by atoms with Crippen molar-refractivity contribution in [2.45, 2.75) is 19.4 Å². The van der Waals surface area contributed by atoms with Crippen molar-refractivity contribution >= 4 is 29.2 Å². The molecule has 0 bridgehead atoms. The van der Waals surface area contributed by atoms with Gasteiger partial charge in [0.1, 0.15) is 5.54 Å². The van der Waals surface area contributed by atoms with Gasteiger partial charge in [0.15, 0.2) is 0 Å². The molecule has 6 heteroatoms.